The van der Waals surface area contributed by atoms with Crippen LogP contribution in [0.15, 0.2) is 0 Å². The molecule has 0 rings (SSSR count). The van der Waals surface area contributed by atoms with Gasteiger partial charge in [-0.2, -0.15) is 8.42 Å². The van der Waals surface area contributed by atoms with Crippen molar-refractivity contribution in [1.82, 2.24) is 0 Å². The molecule has 5 nitrogen and oxygen atoms in total. The second-order valence-corrected chi connectivity index (χ2v) is 10.5. The van der Waals surface area contributed by atoms with Gasteiger partial charge >= 0.3 is 5.97 Å². The van der Waals surface area contributed by atoms with Crippen molar-refractivity contribution in [2.24, 2.45) is 0 Å². The number of hydrogen-bond donors (Lipinski definition) is 1. The fourth-order valence-corrected chi connectivity index (χ4v) is 4.66. The third kappa shape index (κ3) is 23.9. The number of carbonyl (C=O) groups is 1. The fourth-order valence-electron chi connectivity index (χ4n) is 3.95. The predicted octanol–water partition coefficient (Wildman–Crippen LogP) is 7.63. The first kappa shape index (κ1) is 30.4. The van der Waals surface area contributed by atoms with Gasteiger partial charge < -0.3 is 4.74 Å². The lowest BCUT2D eigenvalue weighted by molar-refractivity contribution is -0.147. The lowest BCUT2D eigenvalue weighted by Crippen LogP contribution is -2.26. The number of hydrogen-bond acceptors (Lipinski definition) is 4. The third-order valence-corrected chi connectivity index (χ3v) is 6.66. The summed E-state index contributed by atoms with van der Waals surface area (Å²) in [5, 5.41) is 0. The molecular formula is C25H50O5S. The van der Waals surface area contributed by atoms with Crippen LogP contribution in [0.3, 0.4) is 0 Å². The van der Waals surface area contributed by atoms with E-state index < -0.39 is 27.9 Å². The first-order valence-corrected chi connectivity index (χ1v) is 14.6. The summed E-state index contributed by atoms with van der Waals surface area (Å²) >= 11 is 0. The molecule has 0 saturated heterocycles. The smallest absolute Gasteiger partial charge is 0.305 e. The van der Waals surface area contributed by atoms with Gasteiger partial charge in [-0.1, -0.05) is 123 Å². The van der Waals surface area contributed by atoms with Crippen LogP contribution in [0.4, 0.5) is 0 Å². The van der Waals surface area contributed by atoms with E-state index in [2.05, 4.69) is 6.92 Å². The van der Waals surface area contributed by atoms with Gasteiger partial charge in [0.1, 0.15) is 11.9 Å². The van der Waals surface area contributed by atoms with Crippen molar-refractivity contribution in [2.45, 2.75) is 148 Å². The van der Waals surface area contributed by atoms with Crippen LogP contribution >= 0.6 is 0 Å². The van der Waals surface area contributed by atoms with Crippen molar-refractivity contribution in [3.05, 3.63) is 0 Å². The normalized spacial score (nSPS) is 12.7. The molecule has 0 fully saturated rings. The molecule has 0 spiro atoms. The zero-order valence-electron chi connectivity index (χ0n) is 20.4. The number of rotatable bonds is 23. The highest BCUT2D eigenvalue weighted by molar-refractivity contribution is 7.85. The second kappa shape index (κ2) is 21.2. The highest BCUT2D eigenvalue weighted by Gasteiger charge is 2.20. The van der Waals surface area contributed by atoms with Crippen molar-refractivity contribution in [2.75, 3.05) is 5.75 Å². The van der Waals surface area contributed by atoms with E-state index >= 15 is 0 Å². The standard InChI is InChI=1S/C25H50O5S/c1-3-5-6-7-8-9-10-11-12-13-14-15-16-17-18-19-20-21-22-24(23-31(27,28)29)30-25(26)4-2/h24H,3-23H2,1-2H3,(H,27,28,29). The predicted molar refractivity (Wildman–Crippen MR) is 130 cm³/mol. The fraction of sp³-hybridized carbons (Fsp3) is 0.960. The monoisotopic (exact) mass is 462 g/mol. The SMILES string of the molecule is CCCCCCCCCCCCCCCCCCCCC(CS(=O)(=O)O)OC(=O)CC. The molecule has 1 N–H and O–H groups in total. The van der Waals surface area contributed by atoms with Crippen molar-refractivity contribution in [3.8, 4) is 0 Å². The van der Waals surface area contributed by atoms with Crippen LogP contribution < -0.4 is 0 Å². The van der Waals surface area contributed by atoms with Crippen LogP contribution in [0.5, 0.6) is 0 Å². The minimum Gasteiger partial charge on any atom is -0.461 e. The van der Waals surface area contributed by atoms with Crippen molar-refractivity contribution in [1.29, 1.82) is 0 Å². The van der Waals surface area contributed by atoms with Crippen LogP contribution in [0.1, 0.15) is 142 Å². The van der Waals surface area contributed by atoms with Crippen LogP contribution in [0.2, 0.25) is 0 Å². The topological polar surface area (TPSA) is 80.7 Å². The maximum atomic E-state index is 11.4. The quantitative estimate of drug-likeness (QED) is 0.0959. The Morgan fingerprint density at radius 1 is 0.677 bits per heavy atom. The van der Waals surface area contributed by atoms with E-state index in [9.17, 15) is 13.2 Å². The molecule has 0 aromatic carbocycles. The largest absolute Gasteiger partial charge is 0.461 e. The molecule has 0 aromatic heterocycles. The van der Waals surface area contributed by atoms with Crippen molar-refractivity contribution < 1.29 is 22.5 Å². The van der Waals surface area contributed by atoms with Gasteiger partial charge in [0, 0.05) is 6.42 Å². The minimum absolute atomic E-state index is 0.209. The van der Waals surface area contributed by atoms with E-state index in [0.717, 1.165) is 19.3 Å². The lowest BCUT2D eigenvalue weighted by Gasteiger charge is -2.16. The Labute approximate surface area is 192 Å². The van der Waals surface area contributed by atoms with E-state index in [4.69, 9.17) is 9.29 Å². The number of unbranched alkanes of at least 4 members (excludes halogenated alkanes) is 17. The molecule has 0 radical (unpaired) electrons. The molecule has 1 unspecified atom stereocenters. The molecule has 31 heavy (non-hydrogen) atoms. The molecule has 0 bridgehead atoms. The van der Waals surface area contributed by atoms with E-state index in [1.807, 2.05) is 0 Å². The molecule has 0 aliphatic heterocycles. The van der Waals surface area contributed by atoms with Crippen LogP contribution in [0, 0.1) is 0 Å². The van der Waals surface area contributed by atoms with E-state index in [0.29, 0.717) is 6.42 Å². The zero-order valence-corrected chi connectivity index (χ0v) is 21.2. The molecule has 0 aliphatic carbocycles. The molecule has 186 valence electrons. The average Bonchev–Trinajstić information content (AvgIpc) is 2.71. The van der Waals surface area contributed by atoms with Gasteiger partial charge in [-0.3, -0.25) is 9.35 Å². The number of esters is 1. The van der Waals surface area contributed by atoms with Gasteiger partial charge in [-0.15, -0.1) is 0 Å². The number of carbonyl (C=O) groups excluding carboxylic acids is 1. The third-order valence-electron chi connectivity index (χ3n) is 5.86. The van der Waals surface area contributed by atoms with Crippen LogP contribution in [0.25, 0.3) is 0 Å². The molecule has 0 saturated carbocycles. The van der Waals surface area contributed by atoms with Gasteiger partial charge in [-0.05, 0) is 12.8 Å². The Balaban J connectivity index is 3.45. The minimum atomic E-state index is -4.13. The van der Waals surface area contributed by atoms with E-state index in [1.165, 1.54) is 96.3 Å². The van der Waals surface area contributed by atoms with Gasteiger partial charge in [0.05, 0.1) is 0 Å². The Morgan fingerprint density at radius 2 is 1.03 bits per heavy atom. The molecule has 0 heterocycles. The average molecular weight is 463 g/mol. The molecule has 0 aromatic rings. The van der Waals surface area contributed by atoms with Crippen molar-refractivity contribution >= 4 is 16.1 Å². The Kier molecular flexibility index (Phi) is 20.8. The molecular weight excluding hydrogens is 412 g/mol. The lowest BCUT2D eigenvalue weighted by atomic mass is 10.0. The summed E-state index contributed by atoms with van der Waals surface area (Å²) in [6, 6.07) is 0. The summed E-state index contributed by atoms with van der Waals surface area (Å²) in [7, 11) is -4.13. The summed E-state index contributed by atoms with van der Waals surface area (Å²) in [4.78, 5) is 11.4. The number of ether oxygens (including phenoxy) is 1. The van der Waals surface area contributed by atoms with Crippen LogP contribution in [-0.4, -0.2) is 30.8 Å². The maximum Gasteiger partial charge on any atom is 0.305 e. The summed E-state index contributed by atoms with van der Waals surface area (Å²) in [5.41, 5.74) is 0. The zero-order chi connectivity index (χ0) is 23.2. The first-order valence-electron chi connectivity index (χ1n) is 13.0. The highest BCUT2D eigenvalue weighted by Crippen LogP contribution is 2.16. The van der Waals surface area contributed by atoms with Gasteiger partial charge in [0.25, 0.3) is 10.1 Å². The van der Waals surface area contributed by atoms with Gasteiger partial charge in [0.2, 0.25) is 0 Å². The highest BCUT2D eigenvalue weighted by atomic mass is 32.2. The summed E-state index contributed by atoms with van der Waals surface area (Å²) in [6.07, 6.45) is 23.4. The molecule has 0 amide bonds. The summed E-state index contributed by atoms with van der Waals surface area (Å²) in [5.74, 6) is -0.923. The van der Waals surface area contributed by atoms with E-state index in [1.54, 1.807) is 6.92 Å². The van der Waals surface area contributed by atoms with Gasteiger partial charge in [-0.25, -0.2) is 0 Å². The second-order valence-electron chi connectivity index (χ2n) is 9.01. The maximum absolute atomic E-state index is 11.4. The van der Waals surface area contributed by atoms with E-state index in [-0.39, 0.29) is 6.42 Å². The molecule has 6 heteroatoms. The first-order chi connectivity index (χ1) is 14.9. The summed E-state index contributed by atoms with van der Waals surface area (Å²) < 4.78 is 36.3. The van der Waals surface area contributed by atoms with Crippen molar-refractivity contribution in [3.63, 3.8) is 0 Å². The Morgan fingerprint density at radius 3 is 1.35 bits per heavy atom. The summed E-state index contributed by atoms with van der Waals surface area (Å²) in [6.45, 7) is 3.94. The Hall–Kier alpha value is -0.620. The molecule has 1 atom stereocenters. The Bertz CT molecular complexity index is 504. The van der Waals surface area contributed by atoms with Gasteiger partial charge in [0.15, 0.2) is 0 Å². The molecule has 0 aliphatic rings. The van der Waals surface area contributed by atoms with Crippen LogP contribution in [-0.2, 0) is 19.6 Å².